The van der Waals surface area contributed by atoms with Gasteiger partial charge in [-0.1, -0.05) is 0 Å². The Morgan fingerprint density at radius 2 is 2.50 bits per heavy atom. The first kappa shape index (κ1) is 9.43. The van der Waals surface area contributed by atoms with Gasteiger partial charge in [-0.25, -0.2) is 4.98 Å². The molecule has 1 fully saturated rings. The first-order chi connectivity index (χ1) is 6.81. The van der Waals surface area contributed by atoms with E-state index in [-0.39, 0.29) is 18.8 Å². The van der Waals surface area contributed by atoms with Crippen LogP contribution in [0.4, 0.5) is 5.82 Å². The normalized spacial score (nSPS) is 26.9. The van der Waals surface area contributed by atoms with Crippen molar-refractivity contribution in [2.24, 2.45) is 0 Å². The highest BCUT2D eigenvalue weighted by Crippen LogP contribution is 2.23. The summed E-state index contributed by atoms with van der Waals surface area (Å²) in [6, 6.07) is 6.44. The van der Waals surface area contributed by atoms with Gasteiger partial charge in [-0.2, -0.15) is 0 Å². The number of aromatic nitrogens is 1. The van der Waals surface area contributed by atoms with Gasteiger partial charge in [0.05, 0.1) is 18.8 Å². The third-order valence-electron chi connectivity index (χ3n) is 2.50. The van der Waals surface area contributed by atoms with Crippen molar-refractivity contribution in [3.63, 3.8) is 0 Å². The van der Waals surface area contributed by atoms with E-state index < -0.39 is 0 Å². The maximum atomic E-state index is 9.47. The smallest absolute Gasteiger partial charge is 0.128 e. The van der Waals surface area contributed by atoms with Crippen LogP contribution in [0.25, 0.3) is 0 Å². The first-order valence-corrected chi connectivity index (χ1v) is 4.69. The minimum atomic E-state index is -0.363. The molecule has 0 saturated carbocycles. The molecule has 2 N–H and O–H groups in total. The van der Waals surface area contributed by atoms with Crippen LogP contribution >= 0.6 is 0 Å². The third kappa shape index (κ3) is 1.71. The number of β-amino-alcohol motifs (C(OH)–C–C–N with tert-alkyl or cyclic N) is 1. The summed E-state index contributed by atoms with van der Waals surface area (Å²) in [5.41, 5.74) is 0. The second-order valence-corrected chi connectivity index (χ2v) is 3.49. The van der Waals surface area contributed by atoms with Crippen molar-refractivity contribution in [1.82, 2.24) is 4.98 Å². The fourth-order valence-electron chi connectivity index (χ4n) is 1.83. The van der Waals surface area contributed by atoms with Crippen LogP contribution in [-0.2, 0) is 0 Å². The first-order valence-electron chi connectivity index (χ1n) is 4.69. The molecular weight excluding hydrogens is 180 g/mol. The number of rotatable bonds is 2. The molecule has 1 aromatic heterocycles. The monoisotopic (exact) mass is 193 g/mol. The van der Waals surface area contributed by atoms with Crippen molar-refractivity contribution in [3.8, 4) is 0 Å². The fraction of sp³-hybridized carbons (Fsp3) is 0.500. The van der Waals surface area contributed by atoms with Gasteiger partial charge in [-0.3, -0.25) is 0 Å². The van der Waals surface area contributed by atoms with Crippen LogP contribution in [0.1, 0.15) is 6.42 Å². The number of hydrogen-bond donors (Lipinski definition) is 2. The van der Waals surface area contributed by atoms with E-state index in [0.717, 1.165) is 5.82 Å². The molecule has 4 nitrogen and oxygen atoms in total. The van der Waals surface area contributed by atoms with E-state index in [4.69, 9.17) is 5.11 Å². The second-order valence-electron chi connectivity index (χ2n) is 3.49. The van der Waals surface area contributed by atoms with E-state index in [9.17, 15) is 5.11 Å². The summed E-state index contributed by atoms with van der Waals surface area (Å²) in [7, 11) is 0. The Labute approximate surface area is 82.8 Å². The van der Waals surface area contributed by atoms with Crippen LogP contribution in [0.2, 0.25) is 0 Å². The molecule has 0 aliphatic carbocycles. The average Bonchev–Trinajstić information content (AvgIpc) is 2.61. The van der Waals surface area contributed by atoms with Gasteiger partial charge in [-0.15, -0.1) is 0 Å². The van der Waals surface area contributed by atoms with E-state index in [1.54, 1.807) is 12.3 Å². The van der Waals surface area contributed by atoms with E-state index in [0.29, 0.717) is 13.0 Å². The minimum absolute atomic E-state index is 0.0140. The molecule has 2 heterocycles. The van der Waals surface area contributed by atoms with Gasteiger partial charge >= 0.3 is 0 Å². The van der Waals surface area contributed by atoms with Crippen molar-refractivity contribution in [1.29, 1.82) is 0 Å². The van der Waals surface area contributed by atoms with Crippen LogP contribution in [0.15, 0.2) is 18.3 Å². The highest BCUT2D eigenvalue weighted by Gasteiger charge is 2.30. The van der Waals surface area contributed by atoms with Crippen molar-refractivity contribution in [3.05, 3.63) is 24.4 Å². The fourth-order valence-corrected chi connectivity index (χ4v) is 1.83. The summed E-state index contributed by atoms with van der Waals surface area (Å²) in [6.07, 6.45) is 1.84. The molecule has 4 heteroatoms. The van der Waals surface area contributed by atoms with Crippen molar-refractivity contribution >= 4 is 5.82 Å². The molecule has 0 aromatic carbocycles. The van der Waals surface area contributed by atoms with Crippen LogP contribution in [-0.4, -0.2) is 40.5 Å². The SMILES string of the molecule is OC[C@H]1C[C@H](O)CN1c1cc[c]cn1. The Balaban J connectivity index is 2.18. The summed E-state index contributed by atoms with van der Waals surface area (Å²) in [6.45, 7) is 0.597. The molecule has 2 atom stereocenters. The zero-order valence-electron chi connectivity index (χ0n) is 7.80. The quantitative estimate of drug-likeness (QED) is 0.683. The van der Waals surface area contributed by atoms with Crippen molar-refractivity contribution in [2.45, 2.75) is 18.6 Å². The molecule has 1 radical (unpaired) electrons. The van der Waals surface area contributed by atoms with Crippen molar-refractivity contribution < 1.29 is 10.2 Å². The molecule has 1 aliphatic heterocycles. The van der Waals surface area contributed by atoms with Gasteiger partial charge in [-0.05, 0) is 18.6 Å². The standard InChI is InChI=1S/C10H13N2O2/c13-7-8-5-9(14)6-12(8)10-3-1-2-4-11-10/h1,3-4,8-9,13-14H,5-7H2/t8-,9+/m1/s1. The van der Waals surface area contributed by atoms with E-state index in [1.165, 1.54) is 0 Å². The topological polar surface area (TPSA) is 56.6 Å². The van der Waals surface area contributed by atoms with Gasteiger partial charge in [0.1, 0.15) is 5.82 Å². The number of anilines is 1. The molecule has 14 heavy (non-hydrogen) atoms. The van der Waals surface area contributed by atoms with Gasteiger partial charge in [0.2, 0.25) is 0 Å². The van der Waals surface area contributed by atoms with Gasteiger partial charge in [0.25, 0.3) is 0 Å². The molecular formula is C10H13N2O2. The van der Waals surface area contributed by atoms with Crippen LogP contribution in [0.5, 0.6) is 0 Å². The zero-order chi connectivity index (χ0) is 9.97. The van der Waals surface area contributed by atoms with E-state index in [1.807, 2.05) is 11.0 Å². The molecule has 1 aliphatic rings. The highest BCUT2D eigenvalue weighted by atomic mass is 16.3. The predicted octanol–water partition coefficient (Wildman–Crippen LogP) is -0.186. The zero-order valence-corrected chi connectivity index (χ0v) is 7.80. The summed E-state index contributed by atoms with van der Waals surface area (Å²) >= 11 is 0. The Kier molecular flexibility index (Phi) is 2.65. The Morgan fingerprint density at radius 3 is 3.14 bits per heavy atom. The number of aliphatic hydroxyl groups is 2. The van der Waals surface area contributed by atoms with Crippen LogP contribution in [0.3, 0.4) is 0 Å². The molecule has 0 unspecified atom stereocenters. The summed E-state index contributed by atoms with van der Waals surface area (Å²) in [5, 5.41) is 18.6. The van der Waals surface area contributed by atoms with Crippen LogP contribution < -0.4 is 4.90 Å². The van der Waals surface area contributed by atoms with Gasteiger partial charge in [0.15, 0.2) is 0 Å². The lowest BCUT2D eigenvalue weighted by molar-refractivity contribution is 0.184. The maximum absolute atomic E-state index is 9.47. The second kappa shape index (κ2) is 3.94. The summed E-state index contributed by atoms with van der Waals surface area (Å²) < 4.78 is 0. The minimum Gasteiger partial charge on any atom is -0.394 e. The molecule has 0 amide bonds. The predicted molar refractivity (Wildman–Crippen MR) is 51.9 cm³/mol. The number of aliphatic hydroxyl groups excluding tert-OH is 2. The average molecular weight is 193 g/mol. The molecule has 75 valence electrons. The largest absolute Gasteiger partial charge is 0.394 e. The third-order valence-corrected chi connectivity index (χ3v) is 2.50. The van der Waals surface area contributed by atoms with E-state index >= 15 is 0 Å². The van der Waals surface area contributed by atoms with Crippen LogP contribution in [0, 0.1) is 6.07 Å². The molecule has 1 saturated heterocycles. The molecule has 2 rings (SSSR count). The highest BCUT2D eigenvalue weighted by molar-refractivity contribution is 5.41. The number of hydrogen-bond acceptors (Lipinski definition) is 4. The summed E-state index contributed by atoms with van der Waals surface area (Å²) in [4.78, 5) is 6.07. The molecule has 0 spiro atoms. The lowest BCUT2D eigenvalue weighted by Gasteiger charge is -2.23. The molecule has 0 bridgehead atoms. The lowest BCUT2D eigenvalue weighted by atomic mass is 10.2. The summed E-state index contributed by atoms with van der Waals surface area (Å²) in [5.74, 6) is 0.791. The lowest BCUT2D eigenvalue weighted by Crippen LogP contribution is -2.32. The van der Waals surface area contributed by atoms with E-state index in [2.05, 4.69) is 11.1 Å². The Bertz CT molecular complexity index is 291. The number of pyridine rings is 1. The number of nitrogens with zero attached hydrogens (tertiary/aromatic N) is 2. The van der Waals surface area contributed by atoms with Crippen molar-refractivity contribution in [2.75, 3.05) is 18.1 Å². The Hall–Kier alpha value is -1.13. The van der Waals surface area contributed by atoms with Gasteiger partial charge < -0.3 is 15.1 Å². The maximum Gasteiger partial charge on any atom is 0.128 e. The molecule has 1 aromatic rings. The van der Waals surface area contributed by atoms with Gasteiger partial charge in [0, 0.05) is 18.8 Å². The Morgan fingerprint density at radius 1 is 1.64 bits per heavy atom.